The molecule has 0 bridgehead atoms. The van der Waals surface area contributed by atoms with Crippen LogP contribution in [-0.4, -0.2) is 16.1 Å². The van der Waals surface area contributed by atoms with Crippen LogP contribution in [0.5, 0.6) is 0 Å². The maximum atomic E-state index is 10.7. The van der Waals surface area contributed by atoms with Gasteiger partial charge in [-0.2, -0.15) is 0 Å². The van der Waals surface area contributed by atoms with Gasteiger partial charge in [0.2, 0.25) is 0 Å². The van der Waals surface area contributed by atoms with Crippen LogP contribution in [0.4, 0.5) is 0 Å². The third kappa shape index (κ3) is 3.30. The molecule has 1 rings (SSSR count). The molecule has 0 aliphatic heterocycles. The number of nitrogens with zero attached hydrogens (tertiary/aromatic N) is 1. The fourth-order valence-electron chi connectivity index (χ4n) is 1.45. The standard InChI is InChI=1S/C11H17NO2S/c1-4-5-9-12-11(7(2)3)8(15-9)6-10(13)14/h7H,4-6H2,1-3H3,(H,13,14). The van der Waals surface area contributed by atoms with Crippen LogP contribution < -0.4 is 0 Å². The number of carbonyl (C=O) groups is 1. The van der Waals surface area contributed by atoms with Crippen molar-refractivity contribution in [1.82, 2.24) is 4.98 Å². The molecule has 1 aromatic heterocycles. The second kappa shape index (κ2) is 5.26. The molecule has 3 nitrogen and oxygen atoms in total. The molecule has 1 N–H and O–H groups in total. The Morgan fingerprint density at radius 2 is 2.20 bits per heavy atom. The van der Waals surface area contributed by atoms with Crippen LogP contribution in [-0.2, 0) is 17.6 Å². The maximum absolute atomic E-state index is 10.7. The van der Waals surface area contributed by atoms with Crippen molar-refractivity contribution in [2.45, 2.75) is 46.0 Å². The largest absolute Gasteiger partial charge is 0.481 e. The molecule has 0 aromatic carbocycles. The van der Waals surface area contributed by atoms with Crippen molar-refractivity contribution in [3.8, 4) is 0 Å². The number of thiazole rings is 1. The van der Waals surface area contributed by atoms with Gasteiger partial charge in [0.1, 0.15) is 0 Å². The van der Waals surface area contributed by atoms with Gasteiger partial charge < -0.3 is 5.11 Å². The lowest BCUT2D eigenvalue weighted by Crippen LogP contribution is -2.02. The number of aromatic nitrogens is 1. The molecule has 0 amide bonds. The maximum Gasteiger partial charge on any atom is 0.308 e. The quantitative estimate of drug-likeness (QED) is 0.841. The third-order valence-electron chi connectivity index (χ3n) is 2.09. The van der Waals surface area contributed by atoms with Crippen molar-refractivity contribution >= 4 is 17.3 Å². The minimum atomic E-state index is -0.774. The number of rotatable bonds is 5. The molecule has 15 heavy (non-hydrogen) atoms. The Bertz CT molecular complexity index is 344. The van der Waals surface area contributed by atoms with E-state index in [9.17, 15) is 4.79 Å². The summed E-state index contributed by atoms with van der Waals surface area (Å²) in [5.74, 6) is -0.468. The van der Waals surface area contributed by atoms with Gasteiger partial charge in [-0.1, -0.05) is 20.8 Å². The summed E-state index contributed by atoms with van der Waals surface area (Å²) in [6.45, 7) is 6.21. The van der Waals surface area contributed by atoms with Gasteiger partial charge in [-0.3, -0.25) is 4.79 Å². The minimum Gasteiger partial charge on any atom is -0.481 e. The topological polar surface area (TPSA) is 50.2 Å². The van der Waals surface area contributed by atoms with E-state index in [0.29, 0.717) is 5.92 Å². The first-order valence-electron chi connectivity index (χ1n) is 5.24. The predicted octanol–water partition coefficient (Wildman–Crippen LogP) is 2.85. The van der Waals surface area contributed by atoms with Gasteiger partial charge in [0.25, 0.3) is 0 Å². The summed E-state index contributed by atoms with van der Waals surface area (Å²) >= 11 is 1.55. The molecule has 0 radical (unpaired) electrons. The van der Waals surface area contributed by atoms with Crippen molar-refractivity contribution in [1.29, 1.82) is 0 Å². The van der Waals surface area contributed by atoms with Gasteiger partial charge in [-0.05, 0) is 18.8 Å². The van der Waals surface area contributed by atoms with Crippen LogP contribution in [0.15, 0.2) is 0 Å². The van der Waals surface area contributed by atoms with Gasteiger partial charge in [-0.15, -0.1) is 11.3 Å². The molecular weight excluding hydrogens is 210 g/mol. The fraction of sp³-hybridized carbons (Fsp3) is 0.636. The first-order chi connectivity index (χ1) is 7.04. The first kappa shape index (κ1) is 12.2. The lowest BCUT2D eigenvalue weighted by Gasteiger charge is -2.02. The SMILES string of the molecule is CCCc1nc(C(C)C)c(CC(=O)O)s1. The molecule has 0 atom stereocenters. The van der Waals surface area contributed by atoms with E-state index in [1.807, 2.05) is 0 Å². The Kier molecular flexibility index (Phi) is 4.27. The van der Waals surface area contributed by atoms with Crippen molar-refractivity contribution in [3.63, 3.8) is 0 Å². The minimum absolute atomic E-state index is 0.106. The van der Waals surface area contributed by atoms with Crippen molar-refractivity contribution < 1.29 is 9.90 Å². The van der Waals surface area contributed by atoms with E-state index in [1.54, 1.807) is 11.3 Å². The zero-order chi connectivity index (χ0) is 11.4. The van der Waals surface area contributed by atoms with E-state index < -0.39 is 5.97 Å². The summed E-state index contributed by atoms with van der Waals surface area (Å²) in [4.78, 5) is 16.1. The second-order valence-corrected chi connectivity index (χ2v) is 5.06. The summed E-state index contributed by atoms with van der Waals surface area (Å²) in [5, 5.41) is 9.86. The van der Waals surface area contributed by atoms with Crippen LogP contribution in [0.25, 0.3) is 0 Å². The summed E-state index contributed by atoms with van der Waals surface area (Å²) in [5.41, 5.74) is 0.964. The highest BCUT2D eigenvalue weighted by molar-refractivity contribution is 7.11. The highest BCUT2D eigenvalue weighted by Crippen LogP contribution is 2.26. The van der Waals surface area contributed by atoms with Gasteiger partial charge in [0.15, 0.2) is 0 Å². The number of carboxylic acid groups (broad SMARTS) is 1. The lowest BCUT2D eigenvalue weighted by atomic mass is 10.1. The van der Waals surface area contributed by atoms with E-state index in [0.717, 1.165) is 28.4 Å². The predicted molar refractivity (Wildman–Crippen MR) is 61.5 cm³/mol. The van der Waals surface area contributed by atoms with Crippen molar-refractivity contribution in [2.75, 3.05) is 0 Å². The molecule has 0 saturated carbocycles. The van der Waals surface area contributed by atoms with Crippen LogP contribution in [0.2, 0.25) is 0 Å². The smallest absolute Gasteiger partial charge is 0.308 e. The summed E-state index contributed by atoms with van der Waals surface area (Å²) in [7, 11) is 0. The zero-order valence-electron chi connectivity index (χ0n) is 9.41. The molecule has 0 spiro atoms. The highest BCUT2D eigenvalue weighted by atomic mass is 32.1. The van der Waals surface area contributed by atoms with Crippen LogP contribution in [0.3, 0.4) is 0 Å². The average Bonchev–Trinajstić information content (AvgIpc) is 2.47. The Morgan fingerprint density at radius 3 is 2.67 bits per heavy atom. The van der Waals surface area contributed by atoms with Crippen molar-refractivity contribution in [3.05, 3.63) is 15.6 Å². The summed E-state index contributed by atoms with van der Waals surface area (Å²) in [6.07, 6.45) is 2.11. The number of aliphatic carboxylic acids is 1. The Hall–Kier alpha value is -0.900. The Morgan fingerprint density at radius 1 is 1.53 bits per heavy atom. The molecule has 1 aromatic rings. The van der Waals surface area contributed by atoms with Gasteiger partial charge in [0.05, 0.1) is 17.1 Å². The molecule has 0 aliphatic rings. The highest BCUT2D eigenvalue weighted by Gasteiger charge is 2.15. The van der Waals surface area contributed by atoms with E-state index in [-0.39, 0.29) is 6.42 Å². The van der Waals surface area contributed by atoms with Gasteiger partial charge in [-0.25, -0.2) is 4.98 Å². The van der Waals surface area contributed by atoms with E-state index in [4.69, 9.17) is 5.11 Å². The number of carboxylic acids is 1. The number of aryl methyl sites for hydroxylation is 1. The molecule has 4 heteroatoms. The number of hydrogen-bond donors (Lipinski definition) is 1. The molecular formula is C11H17NO2S. The zero-order valence-corrected chi connectivity index (χ0v) is 10.2. The second-order valence-electron chi connectivity index (χ2n) is 3.89. The van der Waals surface area contributed by atoms with Crippen molar-refractivity contribution in [2.24, 2.45) is 0 Å². The lowest BCUT2D eigenvalue weighted by molar-refractivity contribution is -0.136. The molecule has 84 valence electrons. The number of hydrogen-bond acceptors (Lipinski definition) is 3. The molecule has 0 aliphatic carbocycles. The summed E-state index contributed by atoms with van der Waals surface area (Å²) < 4.78 is 0. The van der Waals surface area contributed by atoms with E-state index in [1.165, 1.54) is 0 Å². The summed E-state index contributed by atoms with van der Waals surface area (Å²) in [6, 6.07) is 0. The van der Waals surface area contributed by atoms with Crippen LogP contribution in [0, 0.1) is 0 Å². The van der Waals surface area contributed by atoms with Crippen LogP contribution >= 0.6 is 11.3 Å². The van der Waals surface area contributed by atoms with Gasteiger partial charge in [0, 0.05) is 4.88 Å². The first-order valence-corrected chi connectivity index (χ1v) is 6.06. The molecule has 1 heterocycles. The Balaban J connectivity index is 2.94. The normalized spacial score (nSPS) is 10.9. The fourth-order valence-corrected chi connectivity index (χ4v) is 2.77. The third-order valence-corrected chi connectivity index (χ3v) is 3.23. The van der Waals surface area contributed by atoms with Gasteiger partial charge >= 0.3 is 5.97 Å². The average molecular weight is 227 g/mol. The Labute approximate surface area is 94.2 Å². The molecule has 0 unspecified atom stereocenters. The van der Waals surface area contributed by atoms with Crippen LogP contribution in [0.1, 0.15) is 48.7 Å². The van der Waals surface area contributed by atoms with E-state index in [2.05, 4.69) is 25.8 Å². The monoisotopic (exact) mass is 227 g/mol. The molecule has 0 saturated heterocycles. The van der Waals surface area contributed by atoms with E-state index >= 15 is 0 Å². The molecule has 0 fully saturated rings.